The van der Waals surface area contributed by atoms with Gasteiger partial charge in [0.2, 0.25) is 5.95 Å². The molecule has 0 spiro atoms. The third-order valence-electron chi connectivity index (χ3n) is 4.12. The van der Waals surface area contributed by atoms with Crippen LogP contribution >= 0.6 is 11.8 Å². The minimum absolute atomic E-state index is 0.129. The molecule has 1 unspecified atom stereocenters. The van der Waals surface area contributed by atoms with Crippen LogP contribution in [-0.2, 0) is 4.79 Å². The number of thioether (sulfide) groups is 1. The highest BCUT2D eigenvalue weighted by Crippen LogP contribution is 2.30. The highest BCUT2D eigenvalue weighted by atomic mass is 32.2. The largest absolute Gasteiger partial charge is 0.341 e. The number of hydrogen-bond donors (Lipinski definition) is 0. The number of piperidine rings is 1. The zero-order valence-electron chi connectivity index (χ0n) is 13.6. The Balaban J connectivity index is 1.99. The monoisotopic (exact) mass is 330 g/mol. The fourth-order valence-corrected chi connectivity index (χ4v) is 3.54. The van der Waals surface area contributed by atoms with Crippen molar-refractivity contribution in [3.8, 4) is 5.69 Å². The summed E-state index contributed by atoms with van der Waals surface area (Å²) in [6, 6.07) is 10.1. The lowest BCUT2D eigenvalue weighted by atomic mass is 10.1. The first-order valence-corrected chi connectivity index (χ1v) is 8.97. The third kappa shape index (κ3) is 3.58. The fraction of sp³-hybridized carbons (Fsp3) is 0.471. The van der Waals surface area contributed by atoms with Crippen molar-refractivity contribution in [3.63, 3.8) is 0 Å². The van der Waals surface area contributed by atoms with Crippen molar-refractivity contribution >= 4 is 23.5 Å². The molecular formula is C17H22N4OS. The Hall–Kier alpha value is -1.82. The quantitative estimate of drug-likeness (QED) is 0.787. The van der Waals surface area contributed by atoms with Crippen molar-refractivity contribution in [1.82, 2.24) is 14.8 Å². The van der Waals surface area contributed by atoms with Crippen molar-refractivity contribution in [2.75, 3.05) is 18.0 Å². The van der Waals surface area contributed by atoms with E-state index in [-0.39, 0.29) is 11.0 Å². The summed E-state index contributed by atoms with van der Waals surface area (Å²) in [5.41, 5.74) is 1.04. The van der Waals surface area contributed by atoms with Crippen molar-refractivity contribution < 1.29 is 4.79 Å². The molecule has 1 aromatic heterocycles. The first-order valence-electron chi connectivity index (χ1n) is 8.09. The van der Waals surface area contributed by atoms with E-state index in [4.69, 9.17) is 0 Å². The smallest absolute Gasteiger partial charge is 0.232 e. The van der Waals surface area contributed by atoms with Crippen LogP contribution in [0.4, 0.5) is 5.95 Å². The van der Waals surface area contributed by atoms with Crippen LogP contribution in [0.2, 0.25) is 0 Å². The second-order valence-electron chi connectivity index (χ2n) is 5.87. The maximum atomic E-state index is 11.6. The van der Waals surface area contributed by atoms with Gasteiger partial charge in [0.15, 0.2) is 5.16 Å². The molecule has 1 fully saturated rings. The molecule has 1 aromatic carbocycles. The predicted octanol–water partition coefficient (Wildman–Crippen LogP) is 3.33. The van der Waals surface area contributed by atoms with Crippen LogP contribution in [0, 0.1) is 0 Å². The number of Topliss-reactive ketones (excluding diaryl/α,β-unsaturated/α-hetero) is 1. The van der Waals surface area contributed by atoms with Crippen LogP contribution in [0.5, 0.6) is 0 Å². The summed E-state index contributed by atoms with van der Waals surface area (Å²) in [6.07, 6.45) is 3.65. The average Bonchev–Trinajstić information content (AvgIpc) is 3.00. The van der Waals surface area contributed by atoms with Crippen molar-refractivity contribution in [2.45, 2.75) is 43.5 Å². The Morgan fingerprint density at radius 3 is 2.48 bits per heavy atom. The number of ketones is 1. The highest BCUT2D eigenvalue weighted by molar-refractivity contribution is 8.00. The molecule has 2 heterocycles. The van der Waals surface area contributed by atoms with Crippen LogP contribution in [0.3, 0.4) is 0 Å². The van der Waals surface area contributed by atoms with Gasteiger partial charge in [0.25, 0.3) is 0 Å². The zero-order valence-corrected chi connectivity index (χ0v) is 14.4. The molecular weight excluding hydrogens is 308 g/mol. The second-order valence-corrected chi connectivity index (χ2v) is 7.18. The van der Waals surface area contributed by atoms with E-state index in [1.54, 1.807) is 6.92 Å². The predicted molar refractivity (Wildman–Crippen MR) is 93.4 cm³/mol. The van der Waals surface area contributed by atoms with Crippen LogP contribution in [0.15, 0.2) is 35.5 Å². The molecule has 23 heavy (non-hydrogen) atoms. The van der Waals surface area contributed by atoms with E-state index < -0.39 is 0 Å². The fourth-order valence-electron chi connectivity index (χ4n) is 2.68. The molecule has 1 aliphatic heterocycles. The lowest BCUT2D eigenvalue weighted by Gasteiger charge is -2.27. The molecule has 0 saturated carbocycles. The van der Waals surface area contributed by atoms with Gasteiger partial charge in [0.05, 0.1) is 10.9 Å². The van der Waals surface area contributed by atoms with Gasteiger partial charge in [0.1, 0.15) is 5.78 Å². The van der Waals surface area contributed by atoms with E-state index in [9.17, 15) is 4.79 Å². The zero-order chi connectivity index (χ0) is 16.2. The Kier molecular flexibility index (Phi) is 5.00. The number of benzene rings is 1. The first-order chi connectivity index (χ1) is 11.2. The number of para-hydroxylation sites is 1. The number of nitrogens with zero attached hydrogens (tertiary/aromatic N) is 4. The van der Waals surface area contributed by atoms with Crippen LogP contribution in [-0.4, -0.2) is 38.9 Å². The molecule has 0 N–H and O–H groups in total. The minimum atomic E-state index is -0.129. The van der Waals surface area contributed by atoms with E-state index in [0.29, 0.717) is 0 Å². The SMILES string of the molecule is CC(=O)C(C)Sc1nnc(N2CCCCC2)n1-c1ccccc1. The standard InChI is InChI=1S/C17H22N4OS/c1-13(22)14(2)23-17-19-18-16(20-11-7-4-8-12-20)21(17)15-9-5-3-6-10-15/h3,5-6,9-10,14H,4,7-8,11-12H2,1-2H3. The Morgan fingerprint density at radius 1 is 1.13 bits per heavy atom. The molecule has 0 bridgehead atoms. The second kappa shape index (κ2) is 7.17. The number of rotatable bonds is 5. The summed E-state index contributed by atoms with van der Waals surface area (Å²) in [5.74, 6) is 1.03. The molecule has 1 atom stereocenters. The normalized spacial score (nSPS) is 16.3. The number of carbonyl (C=O) groups excluding carboxylic acids is 1. The van der Waals surface area contributed by atoms with E-state index in [0.717, 1.165) is 29.9 Å². The van der Waals surface area contributed by atoms with Gasteiger partial charge in [0, 0.05) is 13.1 Å². The Labute approximate surface area is 141 Å². The highest BCUT2D eigenvalue weighted by Gasteiger charge is 2.23. The average molecular weight is 330 g/mol. The summed E-state index contributed by atoms with van der Waals surface area (Å²) in [4.78, 5) is 13.9. The molecule has 122 valence electrons. The molecule has 1 aliphatic rings. The molecule has 1 saturated heterocycles. The summed E-state index contributed by atoms with van der Waals surface area (Å²) in [5, 5.41) is 9.46. The first kappa shape index (κ1) is 16.1. The van der Waals surface area contributed by atoms with Crippen LogP contribution in [0.25, 0.3) is 5.69 Å². The van der Waals surface area contributed by atoms with E-state index in [1.807, 2.05) is 25.1 Å². The van der Waals surface area contributed by atoms with E-state index in [2.05, 4.69) is 31.8 Å². The molecule has 0 amide bonds. The maximum absolute atomic E-state index is 11.6. The van der Waals surface area contributed by atoms with Gasteiger partial charge in [-0.25, -0.2) is 0 Å². The molecule has 6 heteroatoms. The minimum Gasteiger partial charge on any atom is -0.341 e. The topological polar surface area (TPSA) is 51.0 Å². The number of aromatic nitrogens is 3. The summed E-state index contributed by atoms with van der Waals surface area (Å²) >= 11 is 1.47. The summed E-state index contributed by atoms with van der Waals surface area (Å²) in [6.45, 7) is 5.56. The molecule has 5 nitrogen and oxygen atoms in total. The van der Waals surface area contributed by atoms with Gasteiger partial charge in [-0.2, -0.15) is 0 Å². The summed E-state index contributed by atoms with van der Waals surface area (Å²) < 4.78 is 2.08. The molecule has 0 aliphatic carbocycles. The van der Waals surface area contributed by atoms with Crippen molar-refractivity contribution in [1.29, 1.82) is 0 Å². The van der Waals surface area contributed by atoms with Crippen molar-refractivity contribution in [3.05, 3.63) is 30.3 Å². The Morgan fingerprint density at radius 2 is 1.83 bits per heavy atom. The van der Waals surface area contributed by atoms with Crippen molar-refractivity contribution in [2.24, 2.45) is 0 Å². The number of carbonyl (C=O) groups is 1. The van der Waals surface area contributed by atoms with Gasteiger partial charge in [-0.15, -0.1) is 10.2 Å². The van der Waals surface area contributed by atoms with Gasteiger partial charge in [-0.1, -0.05) is 30.0 Å². The lowest BCUT2D eigenvalue weighted by Crippen LogP contribution is -2.31. The van der Waals surface area contributed by atoms with Crippen LogP contribution < -0.4 is 4.90 Å². The molecule has 0 radical (unpaired) electrons. The van der Waals surface area contributed by atoms with E-state index >= 15 is 0 Å². The maximum Gasteiger partial charge on any atom is 0.232 e. The van der Waals surface area contributed by atoms with Gasteiger partial charge < -0.3 is 4.90 Å². The third-order valence-corrected chi connectivity index (χ3v) is 5.28. The Bertz CT molecular complexity index is 664. The number of anilines is 1. The summed E-state index contributed by atoms with van der Waals surface area (Å²) in [7, 11) is 0. The number of hydrogen-bond acceptors (Lipinski definition) is 5. The van der Waals surface area contributed by atoms with E-state index in [1.165, 1.54) is 31.0 Å². The van der Waals surface area contributed by atoms with Gasteiger partial charge in [-0.05, 0) is 45.2 Å². The molecule has 3 rings (SSSR count). The van der Waals surface area contributed by atoms with Gasteiger partial charge >= 0.3 is 0 Å². The lowest BCUT2D eigenvalue weighted by molar-refractivity contribution is -0.116. The van der Waals surface area contributed by atoms with Gasteiger partial charge in [-0.3, -0.25) is 9.36 Å². The molecule has 2 aromatic rings. The van der Waals surface area contributed by atoms with Crippen LogP contribution in [0.1, 0.15) is 33.1 Å².